The number of hydrogen-bond donors (Lipinski definition) is 0. The summed E-state index contributed by atoms with van der Waals surface area (Å²) in [7, 11) is 0. The van der Waals surface area contributed by atoms with Crippen molar-refractivity contribution in [3.63, 3.8) is 0 Å². The molecule has 0 amide bonds. The quantitative estimate of drug-likeness (QED) is 0.532. The van der Waals surface area contributed by atoms with Gasteiger partial charge in [0.25, 0.3) is 5.56 Å². The summed E-state index contributed by atoms with van der Waals surface area (Å²) in [6.07, 6.45) is 3.89. The van der Waals surface area contributed by atoms with E-state index in [2.05, 4.69) is 0 Å². The molecule has 0 aliphatic rings. The highest BCUT2D eigenvalue weighted by Gasteiger charge is 2.17. The molecule has 122 valence electrons. The van der Waals surface area contributed by atoms with E-state index in [1.165, 1.54) is 0 Å². The van der Waals surface area contributed by atoms with Crippen LogP contribution in [0.4, 0.5) is 0 Å². The molecular formula is C20H15ClN3O+. The molecule has 2 aromatic carbocycles. The molecule has 0 N–H and O–H groups in total. The number of rotatable bonds is 3. The number of halogens is 1. The highest BCUT2D eigenvalue weighted by Crippen LogP contribution is 2.20. The van der Waals surface area contributed by atoms with E-state index in [0.717, 1.165) is 0 Å². The Morgan fingerprint density at radius 2 is 1.64 bits per heavy atom. The second-order valence-electron chi connectivity index (χ2n) is 5.68. The summed E-state index contributed by atoms with van der Waals surface area (Å²) in [6, 6.07) is 20.5. The fourth-order valence-electron chi connectivity index (χ4n) is 2.87. The normalized spacial score (nSPS) is 10.9. The molecular weight excluding hydrogens is 334 g/mol. The lowest BCUT2D eigenvalue weighted by Crippen LogP contribution is -2.37. The number of fused-ring (bicyclic) bond motifs is 1. The molecule has 0 saturated heterocycles. The first-order valence-electron chi connectivity index (χ1n) is 7.94. The summed E-state index contributed by atoms with van der Waals surface area (Å²) >= 11 is 6.36. The Bertz CT molecular complexity index is 1110. The molecule has 2 aromatic heterocycles. The molecule has 5 heteroatoms. The van der Waals surface area contributed by atoms with Crippen molar-refractivity contribution in [2.45, 2.75) is 6.54 Å². The summed E-state index contributed by atoms with van der Waals surface area (Å²) in [5.41, 5.74) is 1.20. The van der Waals surface area contributed by atoms with Gasteiger partial charge in [-0.2, -0.15) is 4.57 Å². The maximum atomic E-state index is 13.1. The first kappa shape index (κ1) is 15.5. The lowest BCUT2D eigenvalue weighted by atomic mass is 10.2. The van der Waals surface area contributed by atoms with Crippen LogP contribution in [-0.4, -0.2) is 9.55 Å². The average molecular weight is 349 g/mol. The minimum absolute atomic E-state index is 0.120. The highest BCUT2D eigenvalue weighted by molar-refractivity contribution is 6.32. The van der Waals surface area contributed by atoms with Crippen LogP contribution in [0.25, 0.3) is 16.6 Å². The summed E-state index contributed by atoms with van der Waals surface area (Å²) in [5, 5.41) is 1.09. The van der Waals surface area contributed by atoms with Crippen molar-refractivity contribution in [3.8, 4) is 5.69 Å². The minimum Gasteiger partial charge on any atom is -0.268 e. The minimum atomic E-state index is -0.120. The number of pyridine rings is 1. The van der Waals surface area contributed by atoms with Crippen LogP contribution in [0, 0.1) is 0 Å². The Labute approximate surface area is 149 Å². The topological polar surface area (TPSA) is 38.8 Å². The summed E-state index contributed by atoms with van der Waals surface area (Å²) in [5.74, 6) is 0.632. The van der Waals surface area contributed by atoms with Gasteiger partial charge in [-0.1, -0.05) is 41.9 Å². The second-order valence-corrected chi connectivity index (χ2v) is 6.09. The van der Waals surface area contributed by atoms with Crippen LogP contribution >= 0.6 is 11.6 Å². The molecule has 0 unspecified atom stereocenters. The molecule has 0 spiro atoms. The molecule has 4 rings (SSSR count). The fourth-order valence-corrected chi connectivity index (χ4v) is 3.09. The Hall–Kier alpha value is -2.98. The average Bonchev–Trinajstić information content (AvgIpc) is 2.64. The van der Waals surface area contributed by atoms with Gasteiger partial charge in [0.1, 0.15) is 0 Å². The molecule has 2 heterocycles. The highest BCUT2D eigenvalue weighted by atomic mass is 35.5. The molecule has 0 bridgehead atoms. The van der Waals surface area contributed by atoms with Gasteiger partial charge in [0.05, 0.1) is 21.6 Å². The maximum absolute atomic E-state index is 13.1. The Morgan fingerprint density at radius 3 is 2.44 bits per heavy atom. The lowest BCUT2D eigenvalue weighted by molar-refractivity contribution is -0.689. The van der Waals surface area contributed by atoms with Gasteiger partial charge in [-0.15, -0.1) is 0 Å². The van der Waals surface area contributed by atoms with Crippen molar-refractivity contribution in [2.24, 2.45) is 0 Å². The molecule has 0 aliphatic heterocycles. The zero-order chi connectivity index (χ0) is 17.2. The predicted molar refractivity (Wildman–Crippen MR) is 98.1 cm³/mol. The summed E-state index contributed by atoms with van der Waals surface area (Å²) in [4.78, 5) is 17.9. The van der Waals surface area contributed by atoms with E-state index in [1.54, 1.807) is 16.7 Å². The molecule has 0 saturated carbocycles. The van der Waals surface area contributed by atoms with E-state index in [0.29, 0.717) is 34.0 Å². The fraction of sp³-hybridized carbons (Fsp3) is 0.0500. The van der Waals surface area contributed by atoms with E-state index >= 15 is 0 Å². The third-order valence-corrected chi connectivity index (χ3v) is 4.36. The molecule has 4 aromatic rings. The Balaban J connectivity index is 2.01. The number of hydrogen-bond acceptors (Lipinski definition) is 2. The predicted octanol–water partition coefficient (Wildman–Crippen LogP) is 3.37. The van der Waals surface area contributed by atoms with Crippen molar-refractivity contribution in [1.82, 2.24) is 9.55 Å². The number of para-hydroxylation sites is 2. The van der Waals surface area contributed by atoms with E-state index < -0.39 is 0 Å². The van der Waals surface area contributed by atoms with E-state index in [-0.39, 0.29) is 5.56 Å². The van der Waals surface area contributed by atoms with Crippen molar-refractivity contribution in [2.75, 3.05) is 0 Å². The standard InChI is InChI=1S/C20H15ClN3O/c21-16-9-3-5-11-18(16)24-19(14-23-12-6-1-7-13-23)22-17-10-4-2-8-15(17)20(24)25/h1-13H,14H2/q+1. The van der Waals surface area contributed by atoms with Crippen LogP contribution in [0.5, 0.6) is 0 Å². The van der Waals surface area contributed by atoms with Gasteiger partial charge >= 0.3 is 0 Å². The van der Waals surface area contributed by atoms with Gasteiger partial charge in [-0.3, -0.25) is 9.36 Å². The van der Waals surface area contributed by atoms with Gasteiger partial charge < -0.3 is 0 Å². The molecule has 0 atom stereocenters. The second kappa shape index (κ2) is 6.49. The Kier molecular flexibility index (Phi) is 4.04. The zero-order valence-corrected chi connectivity index (χ0v) is 14.1. The summed E-state index contributed by atoms with van der Waals surface area (Å²) < 4.78 is 3.58. The van der Waals surface area contributed by atoms with E-state index in [1.807, 2.05) is 71.6 Å². The van der Waals surface area contributed by atoms with Crippen molar-refractivity contribution >= 4 is 22.5 Å². The first-order chi connectivity index (χ1) is 12.2. The van der Waals surface area contributed by atoms with Crippen LogP contribution in [0.15, 0.2) is 83.9 Å². The van der Waals surface area contributed by atoms with Crippen LogP contribution < -0.4 is 10.1 Å². The van der Waals surface area contributed by atoms with Crippen molar-refractivity contribution < 1.29 is 4.57 Å². The number of benzene rings is 2. The van der Waals surface area contributed by atoms with E-state index in [4.69, 9.17) is 16.6 Å². The first-order valence-corrected chi connectivity index (χ1v) is 8.31. The molecule has 0 fully saturated rings. The monoisotopic (exact) mass is 348 g/mol. The number of aromatic nitrogens is 3. The summed E-state index contributed by atoms with van der Waals surface area (Å²) in [6.45, 7) is 0.464. The molecule has 0 radical (unpaired) electrons. The van der Waals surface area contributed by atoms with Gasteiger partial charge in [0, 0.05) is 12.1 Å². The van der Waals surface area contributed by atoms with Gasteiger partial charge in [-0.25, -0.2) is 4.98 Å². The van der Waals surface area contributed by atoms with Gasteiger partial charge in [0.2, 0.25) is 6.54 Å². The molecule has 0 aliphatic carbocycles. The Morgan fingerprint density at radius 1 is 0.920 bits per heavy atom. The maximum Gasteiger partial charge on any atom is 0.266 e. The van der Waals surface area contributed by atoms with Crippen LogP contribution in [0.2, 0.25) is 5.02 Å². The van der Waals surface area contributed by atoms with Crippen molar-refractivity contribution in [1.29, 1.82) is 0 Å². The smallest absolute Gasteiger partial charge is 0.266 e. The van der Waals surface area contributed by atoms with Crippen LogP contribution in [0.3, 0.4) is 0 Å². The van der Waals surface area contributed by atoms with Crippen LogP contribution in [-0.2, 0) is 6.54 Å². The number of nitrogens with zero attached hydrogens (tertiary/aromatic N) is 3. The largest absolute Gasteiger partial charge is 0.268 e. The van der Waals surface area contributed by atoms with Gasteiger partial charge in [-0.05, 0) is 24.3 Å². The van der Waals surface area contributed by atoms with Gasteiger partial charge in [0.15, 0.2) is 18.2 Å². The van der Waals surface area contributed by atoms with E-state index in [9.17, 15) is 4.79 Å². The third kappa shape index (κ3) is 2.92. The third-order valence-electron chi connectivity index (χ3n) is 4.04. The molecule has 25 heavy (non-hydrogen) atoms. The van der Waals surface area contributed by atoms with Crippen LogP contribution in [0.1, 0.15) is 5.82 Å². The SMILES string of the molecule is O=c1c2ccccc2nc(C[n+]2ccccc2)n1-c1ccccc1Cl. The lowest BCUT2D eigenvalue weighted by Gasteiger charge is -2.13. The zero-order valence-electron chi connectivity index (χ0n) is 13.3. The molecule has 4 nitrogen and oxygen atoms in total. The van der Waals surface area contributed by atoms with Crippen molar-refractivity contribution in [3.05, 3.63) is 100 Å².